The maximum atomic E-state index is 14.4. The number of aliphatic hydroxyl groups is 1. The number of cyclic esters (lactones) is 1. The number of morpholine rings is 1. The molecule has 5 heterocycles. The molecule has 1 unspecified atom stereocenters. The maximum Gasteiger partial charge on any atom is 0.313 e. The molecule has 10 nitrogen and oxygen atoms in total. The Kier molecular flexibility index (Phi) is 7.28. The number of hydrogen-bond donors (Lipinski definition) is 1. The third-order valence-electron chi connectivity index (χ3n) is 8.64. The molecule has 3 saturated heterocycles. The summed E-state index contributed by atoms with van der Waals surface area (Å²) in [4.78, 5) is 47.3. The smallest absolute Gasteiger partial charge is 0.313 e. The van der Waals surface area contributed by atoms with E-state index in [1.54, 1.807) is 17.1 Å². The van der Waals surface area contributed by atoms with Gasteiger partial charge in [0.2, 0.25) is 11.8 Å². The van der Waals surface area contributed by atoms with E-state index in [2.05, 4.69) is 4.90 Å². The molecule has 0 radical (unpaired) electrons. The summed E-state index contributed by atoms with van der Waals surface area (Å²) >= 11 is 0. The summed E-state index contributed by atoms with van der Waals surface area (Å²) in [5.41, 5.74) is -0.394. The Labute approximate surface area is 227 Å². The van der Waals surface area contributed by atoms with Crippen LogP contribution in [-0.2, 0) is 35.0 Å². The largest absolute Gasteiger partial charge is 0.461 e. The lowest BCUT2D eigenvalue weighted by Gasteiger charge is -2.39. The first-order valence-corrected chi connectivity index (χ1v) is 13.8. The second kappa shape index (κ2) is 10.8. The number of fused-ring (bicyclic) bond motifs is 2. The number of amides is 2. The lowest BCUT2D eigenvalue weighted by atomic mass is 9.78. The molecular weight excluding hydrogens is 502 g/mol. The average Bonchev–Trinajstić information content (AvgIpc) is 3.27. The van der Waals surface area contributed by atoms with Gasteiger partial charge in [0.1, 0.15) is 24.2 Å². The molecule has 10 heteroatoms. The van der Waals surface area contributed by atoms with Crippen molar-refractivity contribution < 1.29 is 33.7 Å². The topological polar surface area (TPSA) is 109 Å². The van der Waals surface area contributed by atoms with Crippen LogP contribution in [0.5, 0.6) is 0 Å². The Hall–Kier alpha value is -3.05. The number of benzene rings is 1. The van der Waals surface area contributed by atoms with Crippen molar-refractivity contribution in [3.63, 3.8) is 0 Å². The van der Waals surface area contributed by atoms with Crippen molar-refractivity contribution in [2.24, 2.45) is 11.8 Å². The van der Waals surface area contributed by atoms with Gasteiger partial charge in [0.15, 0.2) is 0 Å². The van der Waals surface area contributed by atoms with Gasteiger partial charge in [0, 0.05) is 32.7 Å². The van der Waals surface area contributed by atoms with Crippen LogP contribution in [0.1, 0.15) is 5.56 Å². The molecule has 0 aromatic heterocycles. The molecule has 2 amide bonds. The van der Waals surface area contributed by atoms with Gasteiger partial charge in [-0.1, -0.05) is 48.6 Å². The van der Waals surface area contributed by atoms with E-state index >= 15 is 0 Å². The Morgan fingerprint density at radius 1 is 1.03 bits per heavy atom. The minimum atomic E-state index is -1.33. The molecule has 1 aromatic carbocycles. The van der Waals surface area contributed by atoms with Crippen LogP contribution in [0.25, 0.3) is 0 Å². The van der Waals surface area contributed by atoms with Crippen molar-refractivity contribution >= 4 is 17.8 Å². The van der Waals surface area contributed by atoms with Crippen molar-refractivity contribution in [3.8, 4) is 0 Å². The number of likely N-dealkylation sites (tertiary alicyclic amines) is 1. The van der Waals surface area contributed by atoms with E-state index in [0.717, 1.165) is 18.7 Å². The van der Waals surface area contributed by atoms with E-state index in [9.17, 15) is 19.5 Å². The van der Waals surface area contributed by atoms with Gasteiger partial charge < -0.3 is 29.1 Å². The number of esters is 1. The van der Waals surface area contributed by atoms with Crippen LogP contribution >= 0.6 is 0 Å². The highest BCUT2D eigenvalue weighted by Crippen LogP contribution is 2.53. The molecule has 0 saturated carbocycles. The van der Waals surface area contributed by atoms with E-state index in [1.165, 1.54) is 4.90 Å². The fourth-order valence-electron chi connectivity index (χ4n) is 6.77. The zero-order chi connectivity index (χ0) is 27.0. The summed E-state index contributed by atoms with van der Waals surface area (Å²) in [6.07, 6.45) is 6.89. The van der Waals surface area contributed by atoms with E-state index in [1.807, 2.05) is 42.5 Å². The predicted molar refractivity (Wildman–Crippen MR) is 139 cm³/mol. The number of hydrogen-bond acceptors (Lipinski definition) is 8. The Bertz CT molecular complexity index is 1150. The van der Waals surface area contributed by atoms with Gasteiger partial charge in [-0.05, 0) is 18.1 Å². The molecule has 1 aromatic rings. The van der Waals surface area contributed by atoms with Gasteiger partial charge in [-0.3, -0.25) is 19.3 Å². The summed E-state index contributed by atoms with van der Waals surface area (Å²) in [7, 11) is 0. The van der Waals surface area contributed by atoms with E-state index in [0.29, 0.717) is 39.3 Å². The summed E-state index contributed by atoms with van der Waals surface area (Å²) in [6, 6.07) is 7.91. The number of ether oxygens (including phenoxy) is 3. The predicted octanol–water partition coefficient (Wildman–Crippen LogP) is 0.0144. The van der Waals surface area contributed by atoms with Gasteiger partial charge in [-0.15, -0.1) is 0 Å². The van der Waals surface area contributed by atoms with Crippen LogP contribution in [0, 0.1) is 11.8 Å². The summed E-state index contributed by atoms with van der Waals surface area (Å²) in [5.74, 6) is -2.88. The number of carbonyl (C=O) groups excluding carboxylic acids is 3. The standard InChI is InChI=1S/C29H35N3O7/c33-19-21(18-20-6-2-1-3-7-20)32-25-27(35)31(12-11-30-13-16-37-17-14-30)10-5-9-29(25)24(26(32)34)23-22(39-29)8-4-15-38-28(23)36/h1-9,21-25,33H,10-19H2/t21-,22+,23-,24+,25?,29+/m1/s1. The van der Waals surface area contributed by atoms with E-state index in [-0.39, 0.29) is 25.0 Å². The fraction of sp³-hybridized carbons (Fsp3) is 0.552. The maximum absolute atomic E-state index is 14.4. The highest BCUT2D eigenvalue weighted by Gasteiger charge is 2.72. The highest BCUT2D eigenvalue weighted by atomic mass is 16.6. The molecule has 0 bridgehead atoms. The van der Waals surface area contributed by atoms with Gasteiger partial charge in [-0.2, -0.15) is 0 Å². The second-order valence-electron chi connectivity index (χ2n) is 10.8. The van der Waals surface area contributed by atoms with Crippen LogP contribution < -0.4 is 0 Å². The van der Waals surface area contributed by atoms with Crippen molar-refractivity contribution in [3.05, 3.63) is 60.2 Å². The zero-order valence-corrected chi connectivity index (χ0v) is 21.9. The van der Waals surface area contributed by atoms with Crippen LogP contribution in [0.4, 0.5) is 0 Å². The number of nitrogens with zero attached hydrogens (tertiary/aromatic N) is 3. The van der Waals surface area contributed by atoms with Crippen LogP contribution in [-0.4, -0.2) is 121 Å². The Balaban J connectivity index is 1.36. The van der Waals surface area contributed by atoms with Crippen molar-refractivity contribution in [2.75, 3.05) is 59.2 Å². The number of rotatable bonds is 7. The lowest BCUT2D eigenvalue weighted by molar-refractivity contribution is -0.155. The van der Waals surface area contributed by atoms with E-state index in [4.69, 9.17) is 14.2 Å². The summed E-state index contributed by atoms with van der Waals surface area (Å²) in [5, 5.41) is 10.5. The third-order valence-corrected chi connectivity index (χ3v) is 8.64. The lowest BCUT2D eigenvalue weighted by Crippen LogP contribution is -2.59. The normalized spacial score (nSPS) is 33.3. The molecule has 0 aliphatic carbocycles. The van der Waals surface area contributed by atoms with Gasteiger partial charge in [0.25, 0.3) is 0 Å². The molecule has 39 heavy (non-hydrogen) atoms. The summed E-state index contributed by atoms with van der Waals surface area (Å²) < 4.78 is 17.4. The number of aliphatic hydroxyl groups excluding tert-OH is 1. The van der Waals surface area contributed by atoms with Crippen molar-refractivity contribution in [1.82, 2.24) is 14.7 Å². The van der Waals surface area contributed by atoms with Gasteiger partial charge in [0.05, 0.1) is 37.9 Å². The van der Waals surface area contributed by atoms with E-state index < -0.39 is 41.6 Å². The van der Waals surface area contributed by atoms with Crippen molar-refractivity contribution in [1.29, 1.82) is 0 Å². The van der Waals surface area contributed by atoms with Gasteiger partial charge >= 0.3 is 5.97 Å². The molecule has 6 atom stereocenters. The molecule has 6 rings (SSSR count). The van der Waals surface area contributed by atoms with Crippen LogP contribution in [0.15, 0.2) is 54.6 Å². The third kappa shape index (κ3) is 4.59. The minimum absolute atomic E-state index is 0.119. The quantitative estimate of drug-likeness (QED) is 0.383. The summed E-state index contributed by atoms with van der Waals surface area (Å²) in [6.45, 7) is 4.29. The fourth-order valence-corrected chi connectivity index (χ4v) is 6.77. The molecule has 5 aliphatic rings. The monoisotopic (exact) mass is 537 g/mol. The molecule has 1 N–H and O–H groups in total. The zero-order valence-electron chi connectivity index (χ0n) is 21.9. The van der Waals surface area contributed by atoms with Crippen LogP contribution in [0.2, 0.25) is 0 Å². The first-order chi connectivity index (χ1) is 19.0. The molecule has 3 fully saturated rings. The minimum Gasteiger partial charge on any atom is -0.461 e. The number of carbonyl (C=O) groups is 3. The first kappa shape index (κ1) is 26.2. The molecule has 208 valence electrons. The van der Waals surface area contributed by atoms with Crippen LogP contribution in [0.3, 0.4) is 0 Å². The molecule has 5 aliphatic heterocycles. The van der Waals surface area contributed by atoms with Crippen molar-refractivity contribution in [2.45, 2.75) is 30.2 Å². The first-order valence-electron chi connectivity index (χ1n) is 13.8. The molecular formula is C29H35N3O7. The van der Waals surface area contributed by atoms with Gasteiger partial charge in [-0.25, -0.2) is 0 Å². The Morgan fingerprint density at radius 2 is 1.82 bits per heavy atom. The SMILES string of the molecule is O=C1OCC=C[C@@H]2O[C@]34C=CCN(CCN5CCOCC5)C(=O)C3N([C@@H](CO)Cc3ccccc3)C(=O)[C@@H]4[C@H]12. The molecule has 1 spiro atoms. The second-order valence-corrected chi connectivity index (χ2v) is 10.8. The Morgan fingerprint density at radius 3 is 2.59 bits per heavy atom. The highest BCUT2D eigenvalue weighted by molar-refractivity contribution is 5.99. The average molecular weight is 538 g/mol.